The minimum atomic E-state index is -0.938. The smallest absolute Gasteiger partial charge is 0.326 e. The molecule has 6 heteroatoms. The second kappa shape index (κ2) is 24.9. The van der Waals surface area contributed by atoms with Crippen molar-refractivity contribution < 1.29 is 14.7 Å². The maximum Gasteiger partial charge on any atom is 0.326 e. The number of hydrogen-bond acceptors (Lipinski definition) is 3. The third-order valence-electron chi connectivity index (χ3n) is 4.91. The normalized spacial score (nSPS) is 11.9. The van der Waals surface area contributed by atoms with Crippen LogP contribution in [0.1, 0.15) is 103 Å². The molecule has 4 nitrogen and oxygen atoms in total. The minimum Gasteiger partial charge on any atom is -0.480 e. The van der Waals surface area contributed by atoms with Gasteiger partial charge in [0, 0.05) is 57.8 Å². The molecule has 0 fully saturated rings. The van der Waals surface area contributed by atoms with Crippen molar-refractivity contribution in [2.45, 2.75) is 109 Å². The standard InChI is InChI=1S/C23H43NO3S.K/c1-3-4-5-6-7-8-9-10-11-12-13-14-15-16-17-18-22(25)24-21(23(26)27)19-20-28-2;/h10-11,21H,3-9,12-20H2,1-2H3,(H,24,25)(H,26,27);. The Morgan fingerprint density at radius 1 is 0.897 bits per heavy atom. The molecule has 0 aromatic heterocycles. The molecule has 0 aliphatic carbocycles. The molecule has 1 amide bonds. The fraction of sp³-hybridized carbons (Fsp3) is 0.826. The van der Waals surface area contributed by atoms with E-state index in [2.05, 4.69) is 24.4 Å². The van der Waals surface area contributed by atoms with Crippen LogP contribution in [0.2, 0.25) is 0 Å². The molecule has 0 rings (SSSR count). The number of hydrogen-bond donors (Lipinski definition) is 2. The van der Waals surface area contributed by atoms with Gasteiger partial charge in [0.1, 0.15) is 6.04 Å². The SMILES string of the molecule is CCCCCCCCC=CCCCCCCCC(=O)NC(CCSC)C(=O)O.[K]. The average molecular weight is 453 g/mol. The number of amides is 1. The van der Waals surface area contributed by atoms with Crippen LogP contribution in [-0.2, 0) is 9.59 Å². The quantitative estimate of drug-likeness (QED) is 0.136. The van der Waals surface area contributed by atoms with Gasteiger partial charge in [-0.1, -0.05) is 70.4 Å². The van der Waals surface area contributed by atoms with Gasteiger partial charge in [0.2, 0.25) is 5.91 Å². The van der Waals surface area contributed by atoms with Crippen LogP contribution in [0.5, 0.6) is 0 Å². The summed E-state index contributed by atoms with van der Waals surface area (Å²) in [5.41, 5.74) is 0. The van der Waals surface area contributed by atoms with E-state index in [0.29, 0.717) is 12.8 Å². The molecular formula is C23H43KNO3S. The van der Waals surface area contributed by atoms with Gasteiger partial charge in [-0.25, -0.2) is 4.79 Å². The van der Waals surface area contributed by atoms with Crippen molar-refractivity contribution in [3.8, 4) is 0 Å². The number of unbranched alkanes of at least 4 members (excludes halogenated alkanes) is 11. The Hall–Kier alpha value is 0.666. The van der Waals surface area contributed by atoms with Gasteiger partial charge in [0.15, 0.2) is 0 Å². The zero-order chi connectivity index (χ0) is 20.9. The number of carbonyl (C=O) groups excluding carboxylic acids is 1. The Bertz CT molecular complexity index is 419. The fourth-order valence-corrected chi connectivity index (χ4v) is 3.59. The zero-order valence-electron chi connectivity index (χ0n) is 19.2. The zero-order valence-corrected chi connectivity index (χ0v) is 23.2. The Morgan fingerprint density at radius 3 is 1.93 bits per heavy atom. The molecule has 165 valence electrons. The Kier molecular flexibility index (Phi) is 27.4. The summed E-state index contributed by atoms with van der Waals surface area (Å²) < 4.78 is 0. The summed E-state index contributed by atoms with van der Waals surface area (Å²) in [5, 5.41) is 11.8. The summed E-state index contributed by atoms with van der Waals surface area (Å²) in [7, 11) is 0. The van der Waals surface area contributed by atoms with E-state index in [9.17, 15) is 9.59 Å². The van der Waals surface area contributed by atoms with E-state index in [1.807, 2.05) is 6.26 Å². The summed E-state index contributed by atoms with van der Waals surface area (Å²) >= 11 is 1.59. The van der Waals surface area contributed by atoms with E-state index < -0.39 is 12.0 Å². The molecule has 0 aliphatic rings. The second-order valence-electron chi connectivity index (χ2n) is 7.57. The van der Waals surface area contributed by atoms with E-state index in [-0.39, 0.29) is 57.3 Å². The third-order valence-corrected chi connectivity index (χ3v) is 5.55. The molecule has 0 aromatic rings. The van der Waals surface area contributed by atoms with E-state index in [4.69, 9.17) is 5.11 Å². The van der Waals surface area contributed by atoms with Gasteiger partial charge >= 0.3 is 5.97 Å². The Morgan fingerprint density at radius 2 is 1.41 bits per heavy atom. The van der Waals surface area contributed by atoms with Crippen LogP contribution >= 0.6 is 11.8 Å². The van der Waals surface area contributed by atoms with Crippen molar-refractivity contribution in [1.29, 1.82) is 0 Å². The predicted molar refractivity (Wildman–Crippen MR) is 128 cm³/mol. The van der Waals surface area contributed by atoms with Crippen molar-refractivity contribution in [3.05, 3.63) is 12.2 Å². The van der Waals surface area contributed by atoms with Crippen LogP contribution in [0.25, 0.3) is 0 Å². The number of aliphatic carboxylic acids is 1. The summed E-state index contributed by atoms with van der Waals surface area (Å²) in [6, 6.07) is -0.747. The summed E-state index contributed by atoms with van der Waals surface area (Å²) in [6.45, 7) is 2.25. The molecule has 0 saturated carbocycles. The third kappa shape index (κ3) is 23.2. The molecular weight excluding hydrogens is 409 g/mol. The monoisotopic (exact) mass is 452 g/mol. The summed E-state index contributed by atoms with van der Waals surface area (Å²) in [5.74, 6) is -0.330. The van der Waals surface area contributed by atoms with Crippen LogP contribution < -0.4 is 5.32 Å². The van der Waals surface area contributed by atoms with Gasteiger partial charge in [-0.2, -0.15) is 11.8 Å². The first-order valence-corrected chi connectivity index (χ1v) is 12.7. The summed E-state index contributed by atoms with van der Waals surface area (Å²) in [4.78, 5) is 23.0. The largest absolute Gasteiger partial charge is 0.480 e. The molecule has 1 atom stereocenters. The van der Waals surface area contributed by atoms with E-state index >= 15 is 0 Å². The number of allylic oxidation sites excluding steroid dienone is 2. The molecule has 0 spiro atoms. The maximum atomic E-state index is 11.9. The first kappa shape index (κ1) is 31.8. The number of carboxylic acid groups (broad SMARTS) is 1. The predicted octanol–water partition coefficient (Wildman–Crippen LogP) is 5.97. The Balaban J connectivity index is 0. The molecule has 0 heterocycles. The van der Waals surface area contributed by atoms with Crippen molar-refractivity contribution in [1.82, 2.24) is 5.32 Å². The van der Waals surface area contributed by atoms with Crippen molar-refractivity contribution in [2.24, 2.45) is 0 Å². The summed E-state index contributed by atoms with van der Waals surface area (Å²) in [6.07, 6.45) is 23.5. The number of nitrogens with one attached hydrogen (secondary N) is 1. The topological polar surface area (TPSA) is 66.4 Å². The molecule has 0 aromatic carbocycles. The number of carbonyl (C=O) groups is 2. The number of thioether (sulfide) groups is 1. The van der Waals surface area contributed by atoms with Crippen LogP contribution in [0.3, 0.4) is 0 Å². The molecule has 29 heavy (non-hydrogen) atoms. The van der Waals surface area contributed by atoms with E-state index in [1.165, 1.54) is 57.8 Å². The maximum absolute atomic E-state index is 11.9. The molecule has 0 aliphatic heterocycles. The number of carboxylic acids is 1. The Labute approximate surface area is 226 Å². The van der Waals surface area contributed by atoms with Gasteiger partial charge in [0.05, 0.1) is 0 Å². The van der Waals surface area contributed by atoms with Crippen LogP contribution in [-0.4, -0.2) is 86.4 Å². The number of rotatable bonds is 20. The fourth-order valence-electron chi connectivity index (χ4n) is 3.12. The molecule has 2 N–H and O–H groups in total. The van der Waals surface area contributed by atoms with Crippen molar-refractivity contribution in [3.63, 3.8) is 0 Å². The van der Waals surface area contributed by atoms with E-state index in [0.717, 1.165) is 31.4 Å². The average Bonchev–Trinajstić information content (AvgIpc) is 2.67. The van der Waals surface area contributed by atoms with Crippen LogP contribution in [0, 0.1) is 0 Å². The van der Waals surface area contributed by atoms with E-state index in [1.54, 1.807) is 11.8 Å². The van der Waals surface area contributed by atoms with Crippen molar-refractivity contribution >= 4 is 75.0 Å². The first-order chi connectivity index (χ1) is 13.6. The van der Waals surface area contributed by atoms with Gasteiger partial charge in [0.25, 0.3) is 0 Å². The molecule has 1 unspecified atom stereocenters. The van der Waals surface area contributed by atoms with Gasteiger partial charge < -0.3 is 10.4 Å². The van der Waals surface area contributed by atoms with Crippen LogP contribution in [0.4, 0.5) is 0 Å². The first-order valence-electron chi connectivity index (χ1n) is 11.3. The van der Waals surface area contributed by atoms with Gasteiger partial charge in [-0.15, -0.1) is 0 Å². The van der Waals surface area contributed by atoms with Gasteiger partial charge in [-0.05, 0) is 50.5 Å². The molecule has 1 radical (unpaired) electrons. The van der Waals surface area contributed by atoms with Crippen molar-refractivity contribution in [2.75, 3.05) is 12.0 Å². The van der Waals surface area contributed by atoms with Crippen LogP contribution in [0.15, 0.2) is 12.2 Å². The molecule has 0 bridgehead atoms. The van der Waals surface area contributed by atoms with Gasteiger partial charge in [-0.3, -0.25) is 4.79 Å². The minimum absolute atomic E-state index is 0. The second-order valence-corrected chi connectivity index (χ2v) is 8.56. The molecule has 0 saturated heterocycles.